The minimum Gasteiger partial charge on any atom is -0.320 e. The van der Waals surface area contributed by atoms with Gasteiger partial charge in [-0.25, -0.2) is 8.42 Å². The molecule has 0 rings (SSSR count). The lowest BCUT2D eigenvalue weighted by Crippen LogP contribution is -2.45. The van der Waals surface area contributed by atoms with Crippen molar-refractivity contribution in [2.75, 3.05) is 12.0 Å². The third kappa shape index (κ3) is 5.39. The Labute approximate surface area is 95.2 Å². The van der Waals surface area contributed by atoms with E-state index in [9.17, 15) is 13.2 Å². The van der Waals surface area contributed by atoms with Crippen molar-refractivity contribution < 1.29 is 13.2 Å². The van der Waals surface area contributed by atoms with Crippen LogP contribution in [0.4, 0.5) is 0 Å². The van der Waals surface area contributed by atoms with Gasteiger partial charge in [-0.2, -0.15) is 11.8 Å². The number of nitrogens with two attached hydrogens (primary N) is 1. The van der Waals surface area contributed by atoms with Crippen LogP contribution in [0.5, 0.6) is 0 Å². The molecule has 0 aliphatic rings. The SMILES string of the molecule is CSCC[C@@H](N)C(=O)NS(=O)(=O)C(C)C. The van der Waals surface area contributed by atoms with Crippen LogP contribution in [0.1, 0.15) is 20.3 Å². The lowest BCUT2D eigenvalue weighted by molar-refractivity contribution is -0.120. The highest BCUT2D eigenvalue weighted by Gasteiger charge is 2.22. The third-order valence-corrected chi connectivity index (χ3v) is 4.20. The molecule has 0 fully saturated rings. The van der Waals surface area contributed by atoms with E-state index in [0.717, 1.165) is 5.75 Å². The number of rotatable bonds is 6. The maximum Gasteiger partial charge on any atom is 0.250 e. The minimum absolute atomic E-state index is 0.473. The van der Waals surface area contributed by atoms with Crippen LogP contribution in [0.25, 0.3) is 0 Å². The number of thioether (sulfide) groups is 1. The van der Waals surface area contributed by atoms with Crippen molar-refractivity contribution in [2.45, 2.75) is 31.6 Å². The smallest absolute Gasteiger partial charge is 0.250 e. The monoisotopic (exact) mass is 254 g/mol. The van der Waals surface area contributed by atoms with E-state index in [1.54, 1.807) is 11.8 Å². The molecule has 0 radical (unpaired) electrons. The summed E-state index contributed by atoms with van der Waals surface area (Å²) in [6, 6.07) is -0.758. The number of carbonyl (C=O) groups is 1. The Morgan fingerprint density at radius 2 is 2.00 bits per heavy atom. The molecule has 3 N–H and O–H groups in total. The highest BCUT2D eigenvalue weighted by atomic mass is 32.2. The molecule has 0 heterocycles. The highest BCUT2D eigenvalue weighted by Crippen LogP contribution is 2.01. The van der Waals surface area contributed by atoms with Gasteiger partial charge in [-0.1, -0.05) is 0 Å². The van der Waals surface area contributed by atoms with Gasteiger partial charge in [0.2, 0.25) is 15.9 Å². The second-order valence-corrected chi connectivity index (χ2v) is 6.67. The van der Waals surface area contributed by atoms with Gasteiger partial charge in [0.1, 0.15) is 0 Å². The molecule has 0 aromatic rings. The van der Waals surface area contributed by atoms with Crippen LogP contribution in [0, 0.1) is 0 Å². The molecule has 0 aromatic carbocycles. The lowest BCUT2D eigenvalue weighted by atomic mass is 10.2. The maximum atomic E-state index is 11.3. The molecule has 0 saturated heterocycles. The van der Waals surface area contributed by atoms with Crippen molar-refractivity contribution in [3.05, 3.63) is 0 Å². The molecule has 7 heteroatoms. The average molecular weight is 254 g/mol. The summed E-state index contributed by atoms with van der Waals surface area (Å²) in [5, 5.41) is -0.630. The van der Waals surface area contributed by atoms with Gasteiger partial charge in [-0.05, 0) is 32.3 Å². The molecule has 15 heavy (non-hydrogen) atoms. The standard InChI is InChI=1S/C8H18N2O3S2/c1-6(2)15(12,13)10-8(11)7(9)4-5-14-3/h6-7H,4-5,9H2,1-3H3,(H,10,11)/t7-/m1/s1. The van der Waals surface area contributed by atoms with Crippen LogP contribution in [0.15, 0.2) is 0 Å². The van der Waals surface area contributed by atoms with Gasteiger partial charge in [0.15, 0.2) is 0 Å². The van der Waals surface area contributed by atoms with Crippen molar-refractivity contribution in [3.63, 3.8) is 0 Å². The molecule has 0 bridgehead atoms. The van der Waals surface area contributed by atoms with Crippen LogP contribution >= 0.6 is 11.8 Å². The van der Waals surface area contributed by atoms with E-state index in [1.807, 2.05) is 11.0 Å². The van der Waals surface area contributed by atoms with E-state index in [0.29, 0.717) is 6.42 Å². The Balaban J connectivity index is 4.25. The first kappa shape index (κ1) is 14.7. The quantitative estimate of drug-likeness (QED) is 0.692. The van der Waals surface area contributed by atoms with Crippen molar-refractivity contribution in [1.29, 1.82) is 0 Å². The Morgan fingerprint density at radius 3 is 2.40 bits per heavy atom. The number of nitrogens with one attached hydrogen (secondary N) is 1. The molecule has 1 atom stereocenters. The zero-order valence-corrected chi connectivity index (χ0v) is 10.8. The summed E-state index contributed by atoms with van der Waals surface area (Å²) in [5.74, 6) is 0.105. The molecule has 0 unspecified atom stereocenters. The molecule has 0 aliphatic carbocycles. The first-order valence-electron chi connectivity index (χ1n) is 4.61. The zero-order valence-electron chi connectivity index (χ0n) is 9.19. The largest absolute Gasteiger partial charge is 0.320 e. The third-order valence-electron chi connectivity index (χ3n) is 1.83. The molecule has 1 amide bonds. The van der Waals surface area contributed by atoms with Gasteiger partial charge in [-0.3, -0.25) is 9.52 Å². The summed E-state index contributed by atoms with van der Waals surface area (Å²) in [5.41, 5.74) is 5.52. The Bertz CT molecular complexity index is 301. The van der Waals surface area contributed by atoms with Crippen molar-refractivity contribution in [1.82, 2.24) is 4.72 Å². The first-order chi connectivity index (χ1) is 6.81. The maximum absolute atomic E-state index is 11.3. The molecule has 0 aliphatic heterocycles. The predicted molar refractivity (Wildman–Crippen MR) is 63.2 cm³/mol. The van der Waals surface area contributed by atoms with E-state index in [-0.39, 0.29) is 0 Å². The van der Waals surface area contributed by atoms with E-state index >= 15 is 0 Å². The number of hydrogen-bond acceptors (Lipinski definition) is 5. The number of amides is 1. The summed E-state index contributed by atoms with van der Waals surface area (Å²) in [4.78, 5) is 11.3. The fourth-order valence-electron chi connectivity index (χ4n) is 0.710. The zero-order chi connectivity index (χ0) is 12.1. The average Bonchev–Trinajstić information content (AvgIpc) is 2.13. The van der Waals surface area contributed by atoms with Crippen molar-refractivity contribution in [3.8, 4) is 0 Å². The lowest BCUT2D eigenvalue weighted by Gasteiger charge is -2.13. The summed E-state index contributed by atoms with van der Waals surface area (Å²) < 4.78 is 24.6. The molecular weight excluding hydrogens is 236 g/mol. The van der Waals surface area contributed by atoms with E-state index in [1.165, 1.54) is 13.8 Å². The van der Waals surface area contributed by atoms with Gasteiger partial charge in [-0.15, -0.1) is 0 Å². The number of hydrogen-bond donors (Lipinski definition) is 2. The van der Waals surface area contributed by atoms with E-state index in [2.05, 4.69) is 0 Å². The first-order valence-corrected chi connectivity index (χ1v) is 7.55. The van der Waals surface area contributed by atoms with E-state index in [4.69, 9.17) is 5.73 Å². The van der Waals surface area contributed by atoms with Gasteiger partial charge >= 0.3 is 0 Å². The molecule has 0 spiro atoms. The molecule has 0 aromatic heterocycles. The number of sulfonamides is 1. The van der Waals surface area contributed by atoms with Gasteiger partial charge < -0.3 is 5.73 Å². The van der Waals surface area contributed by atoms with Crippen LogP contribution in [0.3, 0.4) is 0 Å². The Hall–Kier alpha value is -0.270. The van der Waals surface area contributed by atoms with Crippen LogP contribution in [-0.2, 0) is 14.8 Å². The van der Waals surface area contributed by atoms with Crippen molar-refractivity contribution in [2.24, 2.45) is 5.73 Å². The topological polar surface area (TPSA) is 89.3 Å². The fraction of sp³-hybridized carbons (Fsp3) is 0.875. The summed E-state index contributed by atoms with van der Waals surface area (Å²) in [6.45, 7) is 3.01. The second-order valence-electron chi connectivity index (χ2n) is 3.45. The van der Waals surface area contributed by atoms with E-state index < -0.39 is 27.2 Å². The minimum atomic E-state index is -3.55. The summed E-state index contributed by atoms with van der Waals surface area (Å²) >= 11 is 1.56. The molecule has 0 saturated carbocycles. The molecular formula is C8H18N2O3S2. The van der Waals surface area contributed by atoms with Crippen LogP contribution in [-0.4, -0.2) is 37.6 Å². The molecule has 5 nitrogen and oxygen atoms in total. The van der Waals surface area contributed by atoms with Gasteiger partial charge in [0.05, 0.1) is 11.3 Å². The highest BCUT2D eigenvalue weighted by molar-refractivity contribution is 7.98. The normalized spacial score (nSPS) is 13.9. The van der Waals surface area contributed by atoms with Crippen LogP contribution in [0.2, 0.25) is 0 Å². The second kappa shape index (κ2) is 6.34. The fourth-order valence-corrected chi connectivity index (χ4v) is 1.87. The van der Waals surface area contributed by atoms with Crippen molar-refractivity contribution >= 4 is 27.7 Å². The number of carbonyl (C=O) groups excluding carboxylic acids is 1. The van der Waals surface area contributed by atoms with Crippen LogP contribution < -0.4 is 10.5 Å². The van der Waals surface area contributed by atoms with Gasteiger partial charge in [0, 0.05) is 0 Å². The Morgan fingerprint density at radius 1 is 1.47 bits per heavy atom. The summed E-state index contributed by atoms with van der Waals surface area (Å²) in [6.07, 6.45) is 2.37. The van der Waals surface area contributed by atoms with Gasteiger partial charge in [0.25, 0.3) is 0 Å². The summed E-state index contributed by atoms with van der Waals surface area (Å²) in [7, 11) is -3.55. The Kier molecular flexibility index (Phi) is 6.23. The predicted octanol–water partition coefficient (Wildman–Crippen LogP) is -0.0788. The molecule has 90 valence electrons.